The van der Waals surface area contributed by atoms with Crippen LogP contribution in [0.2, 0.25) is 4.34 Å². The molecule has 2 aromatic rings. The Morgan fingerprint density at radius 1 is 1.41 bits per heavy atom. The van der Waals surface area contributed by atoms with E-state index >= 15 is 0 Å². The molecule has 22 heavy (non-hydrogen) atoms. The van der Waals surface area contributed by atoms with Gasteiger partial charge in [0.05, 0.1) is 5.54 Å². The van der Waals surface area contributed by atoms with Gasteiger partial charge in [-0.1, -0.05) is 22.9 Å². The van der Waals surface area contributed by atoms with Crippen LogP contribution in [0.3, 0.4) is 0 Å². The third-order valence-electron chi connectivity index (χ3n) is 4.36. The third-order valence-corrected chi connectivity index (χ3v) is 5.46. The maximum absolute atomic E-state index is 12.1. The van der Waals surface area contributed by atoms with E-state index in [-0.39, 0.29) is 11.1 Å². The molecule has 0 aromatic carbocycles. The second kappa shape index (κ2) is 4.60. The molecule has 0 bridgehead atoms. The van der Waals surface area contributed by atoms with E-state index in [1.54, 1.807) is 6.20 Å². The summed E-state index contributed by atoms with van der Waals surface area (Å²) in [6.45, 7) is 1.55. The molecule has 0 radical (unpaired) electrons. The predicted molar refractivity (Wildman–Crippen MR) is 83.3 cm³/mol. The summed E-state index contributed by atoms with van der Waals surface area (Å²) in [5, 5.41) is 9.28. The average molecular weight is 341 g/mol. The van der Waals surface area contributed by atoms with Crippen molar-refractivity contribution in [3.63, 3.8) is 0 Å². The Labute approximate surface area is 134 Å². The van der Waals surface area contributed by atoms with Gasteiger partial charge < -0.3 is 10.0 Å². The number of hydrogen-bond donors (Lipinski definition) is 1. The Kier molecular flexibility index (Phi) is 2.89. The molecule has 0 unspecified atom stereocenters. The van der Waals surface area contributed by atoms with E-state index in [4.69, 9.17) is 11.6 Å². The molecular weight excluding hydrogens is 328 g/mol. The number of halogens is 1. The Bertz CT molecular complexity index is 828. The van der Waals surface area contributed by atoms with Crippen LogP contribution in [0.15, 0.2) is 17.1 Å². The second-order valence-corrected chi connectivity index (χ2v) is 7.36. The number of rotatable bonds is 1. The molecule has 2 aromatic heterocycles. The molecule has 1 saturated heterocycles. The predicted octanol–water partition coefficient (Wildman–Crippen LogP) is 1.74. The van der Waals surface area contributed by atoms with Crippen molar-refractivity contribution in [3.8, 4) is 0 Å². The SMILES string of the molecule is O=C(O)N1CCN(c2cc(=O)n3cc(Cl)sc3n2)CC12CC2. The summed E-state index contributed by atoms with van der Waals surface area (Å²) >= 11 is 7.19. The maximum atomic E-state index is 12.1. The fraction of sp³-hybridized carbons (Fsp3) is 0.462. The van der Waals surface area contributed by atoms with Crippen LogP contribution in [-0.2, 0) is 0 Å². The molecule has 1 aliphatic carbocycles. The van der Waals surface area contributed by atoms with Gasteiger partial charge in [0.1, 0.15) is 10.2 Å². The highest BCUT2D eigenvalue weighted by Crippen LogP contribution is 2.44. The summed E-state index contributed by atoms with van der Waals surface area (Å²) in [7, 11) is 0. The van der Waals surface area contributed by atoms with Crippen LogP contribution >= 0.6 is 22.9 Å². The highest BCUT2D eigenvalue weighted by Gasteiger charge is 2.53. The summed E-state index contributed by atoms with van der Waals surface area (Å²) in [5.41, 5.74) is -0.474. The summed E-state index contributed by atoms with van der Waals surface area (Å²) in [4.78, 5) is 32.0. The first kappa shape index (κ1) is 13.8. The zero-order valence-corrected chi connectivity index (χ0v) is 13.1. The number of aromatic nitrogens is 2. The topological polar surface area (TPSA) is 78.2 Å². The van der Waals surface area contributed by atoms with Gasteiger partial charge in [0, 0.05) is 31.9 Å². The molecule has 1 aliphatic heterocycles. The highest BCUT2D eigenvalue weighted by atomic mass is 35.5. The Hall–Kier alpha value is -1.80. The fourth-order valence-corrected chi connectivity index (χ4v) is 4.09. The van der Waals surface area contributed by atoms with Crippen molar-refractivity contribution in [1.82, 2.24) is 14.3 Å². The highest BCUT2D eigenvalue weighted by molar-refractivity contribution is 7.20. The van der Waals surface area contributed by atoms with Gasteiger partial charge in [-0.3, -0.25) is 14.1 Å². The molecule has 1 spiro atoms. The summed E-state index contributed by atoms with van der Waals surface area (Å²) < 4.78 is 1.94. The number of anilines is 1. The molecule has 4 rings (SSSR count). The first-order chi connectivity index (χ1) is 10.5. The summed E-state index contributed by atoms with van der Waals surface area (Å²) in [5.74, 6) is 0.597. The lowest BCUT2D eigenvalue weighted by Crippen LogP contribution is -2.57. The molecule has 1 saturated carbocycles. The number of amides is 1. The number of piperazine rings is 1. The molecular formula is C13H13ClN4O3S. The molecule has 2 fully saturated rings. The van der Waals surface area contributed by atoms with Gasteiger partial charge in [0.15, 0.2) is 4.96 Å². The van der Waals surface area contributed by atoms with Crippen molar-refractivity contribution in [2.45, 2.75) is 18.4 Å². The van der Waals surface area contributed by atoms with E-state index in [0.29, 0.717) is 34.7 Å². The average Bonchev–Trinajstić information content (AvgIpc) is 3.09. The molecule has 1 N–H and O–H groups in total. The third kappa shape index (κ3) is 2.05. The number of nitrogens with zero attached hydrogens (tertiary/aromatic N) is 4. The molecule has 1 amide bonds. The standard InChI is InChI=1S/C13H13ClN4O3S/c14-8-6-17-10(19)5-9(15-11(17)22-8)16-3-4-18(12(20)21)13(7-16)1-2-13/h5-6H,1-4,7H2,(H,20,21). The molecule has 0 atom stereocenters. The lowest BCUT2D eigenvalue weighted by molar-refractivity contribution is 0.110. The molecule has 3 heterocycles. The first-order valence-corrected chi connectivity index (χ1v) is 8.12. The van der Waals surface area contributed by atoms with Crippen LogP contribution in [0.5, 0.6) is 0 Å². The Morgan fingerprint density at radius 3 is 2.86 bits per heavy atom. The summed E-state index contributed by atoms with van der Waals surface area (Å²) in [6, 6.07) is 1.49. The van der Waals surface area contributed by atoms with Crippen molar-refractivity contribution < 1.29 is 9.90 Å². The van der Waals surface area contributed by atoms with Gasteiger partial charge in [0.2, 0.25) is 0 Å². The minimum atomic E-state index is -0.870. The summed E-state index contributed by atoms with van der Waals surface area (Å²) in [6.07, 6.45) is 2.42. The first-order valence-electron chi connectivity index (χ1n) is 6.93. The van der Waals surface area contributed by atoms with Gasteiger partial charge in [0.25, 0.3) is 5.56 Å². The molecule has 116 valence electrons. The number of carboxylic acid groups (broad SMARTS) is 1. The number of fused-ring (bicyclic) bond motifs is 1. The van der Waals surface area contributed by atoms with E-state index in [2.05, 4.69) is 4.98 Å². The lowest BCUT2D eigenvalue weighted by atomic mass is 10.1. The largest absolute Gasteiger partial charge is 0.465 e. The van der Waals surface area contributed by atoms with E-state index < -0.39 is 6.09 Å². The minimum absolute atomic E-state index is 0.173. The van der Waals surface area contributed by atoms with E-state index in [9.17, 15) is 14.7 Å². The van der Waals surface area contributed by atoms with Crippen molar-refractivity contribution >= 4 is 39.8 Å². The number of hydrogen-bond acceptors (Lipinski definition) is 5. The Morgan fingerprint density at radius 2 is 2.18 bits per heavy atom. The quantitative estimate of drug-likeness (QED) is 0.855. The van der Waals surface area contributed by atoms with Crippen LogP contribution in [0, 0.1) is 0 Å². The van der Waals surface area contributed by atoms with Gasteiger partial charge >= 0.3 is 6.09 Å². The monoisotopic (exact) mass is 340 g/mol. The normalized spacial score (nSPS) is 19.9. The smallest absolute Gasteiger partial charge is 0.407 e. The van der Waals surface area contributed by atoms with Crippen LogP contribution in [0.25, 0.3) is 4.96 Å². The van der Waals surface area contributed by atoms with Crippen molar-refractivity contribution in [3.05, 3.63) is 27.0 Å². The van der Waals surface area contributed by atoms with Gasteiger partial charge in [-0.2, -0.15) is 0 Å². The van der Waals surface area contributed by atoms with E-state index in [1.165, 1.54) is 26.7 Å². The van der Waals surface area contributed by atoms with Gasteiger partial charge in [-0.25, -0.2) is 9.78 Å². The fourth-order valence-electron chi connectivity index (χ4n) is 3.07. The van der Waals surface area contributed by atoms with E-state index in [0.717, 1.165) is 12.8 Å². The molecule has 7 nitrogen and oxygen atoms in total. The second-order valence-electron chi connectivity index (χ2n) is 5.72. The van der Waals surface area contributed by atoms with Crippen LogP contribution in [-0.4, -0.2) is 50.7 Å². The van der Waals surface area contributed by atoms with Crippen molar-refractivity contribution in [1.29, 1.82) is 0 Å². The molecule has 9 heteroatoms. The number of carbonyl (C=O) groups is 1. The van der Waals surface area contributed by atoms with Crippen LogP contribution in [0.1, 0.15) is 12.8 Å². The van der Waals surface area contributed by atoms with Crippen LogP contribution < -0.4 is 10.5 Å². The number of thiazole rings is 1. The van der Waals surface area contributed by atoms with Crippen LogP contribution in [0.4, 0.5) is 10.6 Å². The van der Waals surface area contributed by atoms with Crippen molar-refractivity contribution in [2.24, 2.45) is 0 Å². The minimum Gasteiger partial charge on any atom is -0.465 e. The zero-order valence-electron chi connectivity index (χ0n) is 11.5. The van der Waals surface area contributed by atoms with Gasteiger partial charge in [-0.05, 0) is 12.8 Å². The van der Waals surface area contributed by atoms with E-state index in [1.807, 2.05) is 4.90 Å². The Balaban J connectivity index is 1.68. The van der Waals surface area contributed by atoms with Gasteiger partial charge in [-0.15, -0.1) is 0 Å². The zero-order chi connectivity index (χ0) is 15.5. The van der Waals surface area contributed by atoms with Crippen molar-refractivity contribution in [2.75, 3.05) is 24.5 Å². The maximum Gasteiger partial charge on any atom is 0.407 e. The molecule has 2 aliphatic rings. The lowest BCUT2D eigenvalue weighted by Gasteiger charge is -2.41.